The van der Waals surface area contributed by atoms with Crippen molar-refractivity contribution in [3.8, 4) is 11.8 Å². The molecule has 2 atom stereocenters. The molecule has 0 amide bonds. The van der Waals surface area contributed by atoms with Crippen LogP contribution in [0.2, 0.25) is 0 Å². The van der Waals surface area contributed by atoms with Crippen molar-refractivity contribution in [2.24, 2.45) is 0 Å². The lowest BCUT2D eigenvalue weighted by Crippen LogP contribution is -2.60. The highest BCUT2D eigenvalue weighted by atomic mass is 32.2. The second-order valence-corrected chi connectivity index (χ2v) is 10.3. The minimum atomic E-state index is -3.47. The number of hydrogen-bond acceptors (Lipinski definition) is 7. The third kappa shape index (κ3) is 6.52. The van der Waals surface area contributed by atoms with Gasteiger partial charge in [-0.3, -0.25) is 9.80 Å². The van der Waals surface area contributed by atoms with Gasteiger partial charge in [0, 0.05) is 39.3 Å². The van der Waals surface area contributed by atoms with Gasteiger partial charge in [0.25, 0.3) is 0 Å². The van der Waals surface area contributed by atoms with Gasteiger partial charge in [-0.05, 0) is 43.3 Å². The zero-order valence-electron chi connectivity index (χ0n) is 18.9. The van der Waals surface area contributed by atoms with Crippen LogP contribution in [0.1, 0.15) is 12.0 Å². The maximum atomic E-state index is 14.0. The van der Waals surface area contributed by atoms with Gasteiger partial charge in [0.05, 0.1) is 28.7 Å². The smallest absolute Gasteiger partial charge is 0.240 e. The fourth-order valence-electron chi connectivity index (χ4n) is 4.39. The molecule has 0 spiro atoms. The van der Waals surface area contributed by atoms with Gasteiger partial charge >= 0.3 is 0 Å². The molecule has 0 aromatic heterocycles. The van der Waals surface area contributed by atoms with E-state index in [1.54, 1.807) is 36.4 Å². The van der Waals surface area contributed by atoms with E-state index in [0.717, 1.165) is 39.1 Å². The number of sulfonamides is 1. The largest absolute Gasteiger partial charge is 0.489 e. The average molecular weight is 489 g/mol. The topological polar surface area (TPSA) is 94.9 Å². The molecule has 0 aliphatic carbocycles. The molecular formula is C24H29FN4O4S. The number of hydrogen-bond donors (Lipinski definition) is 1. The van der Waals surface area contributed by atoms with E-state index in [9.17, 15) is 12.8 Å². The predicted octanol–water partition coefficient (Wildman–Crippen LogP) is 1.83. The Balaban J connectivity index is 1.16. The number of benzene rings is 2. The van der Waals surface area contributed by atoms with Crippen LogP contribution < -0.4 is 9.46 Å². The van der Waals surface area contributed by atoms with Crippen molar-refractivity contribution < 1.29 is 22.3 Å². The zero-order valence-corrected chi connectivity index (χ0v) is 19.7. The fraction of sp³-hybridized carbons (Fsp3) is 0.458. The molecule has 34 heavy (non-hydrogen) atoms. The highest BCUT2D eigenvalue weighted by molar-refractivity contribution is 7.89. The van der Waals surface area contributed by atoms with Crippen LogP contribution in [-0.2, 0) is 14.8 Å². The number of ether oxygens (including phenoxy) is 2. The molecule has 2 aromatic rings. The Morgan fingerprint density at radius 3 is 2.38 bits per heavy atom. The molecule has 2 aliphatic heterocycles. The first-order valence-corrected chi connectivity index (χ1v) is 12.9. The summed E-state index contributed by atoms with van der Waals surface area (Å²) in [5, 5.41) is 8.83. The molecule has 2 saturated heterocycles. The van der Waals surface area contributed by atoms with Gasteiger partial charge in [-0.15, -0.1) is 0 Å². The van der Waals surface area contributed by atoms with Crippen molar-refractivity contribution in [3.05, 3.63) is 59.9 Å². The van der Waals surface area contributed by atoms with Crippen LogP contribution in [0.15, 0.2) is 53.4 Å². The summed E-state index contributed by atoms with van der Waals surface area (Å²) >= 11 is 0. The molecule has 2 aromatic carbocycles. The quantitative estimate of drug-likeness (QED) is 0.510. The number of nitriles is 1. The lowest BCUT2D eigenvalue weighted by Gasteiger charge is -2.45. The number of rotatable bonds is 10. The third-order valence-electron chi connectivity index (χ3n) is 5.96. The molecule has 0 radical (unpaired) electrons. The second kappa shape index (κ2) is 11.3. The van der Waals surface area contributed by atoms with Crippen LogP contribution in [0.3, 0.4) is 0 Å². The minimum absolute atomic E-state index is 0.0835. The molecule has 182 valence electrons. The number of fused-ring (bicyclic) bond motifs is 2. The predicted molar refractivity (Wildman–Crippen MR) is 124 cm³/mol. The van der Waals surface area contributed by atoms with Gasteiger partial charge in [0.15, 0.2) is 11.6 Å². The number of morpholine rings is 2. The van der Waals surface area contributed by atoms with Crippen molar-refractivity contribution >= 4 is 10.0 Å². The normalized spacial score (nSPS) is 21.2. The standard InChI is InChI=1S/C24H29FN4O4S/c25-23-13-19(14-26)7-8-24(23)32-12-11-29-17-20-15-28(16-21(18-29)33-20)10-4-9-27-34(30,31)22-5-2-1-3-6-22/h1-3,5-8,13,20-21,27H,4,9-12,15-18H2. The number of nitrogens with one attached hydrogen (secondary N) is 1. The molecule has 2 unspecified atom stereocenters. The minimum Gasteiger partial charge on any atom is -0.489 e. The highest BCUT2D eigenvalue weighted by Gasteiger charge is 2.34. The van der Waals surface area contributed by atoms with E-state index in [0.29, 0.717) is 19.7 Å². The molecule has 2 aliphatic rings. The first-order chi connectivity index (χ1) is 16.4. The van der Waals surface area contributed by atoms with E-state index in [1.807, 2.05) is 6.07 Å². The lowest BCUT2D eigenvalue weighted by molar-refractivity contribution is -0.139. The maximum absolute atomic E-state index is 14.0. The van der Waals surface area contributed by atoms with Crippen molar-refractivity contribution in [1.29, 1.82) is 5.26 Å². The fourth-order valence-corrected chi connectivity index (χ4v) is 5.49. The van der Waals surface area contributed by atoms with Crippen LogP contribution >= 0.6 is 0 Å². The van der Waals surface area contributed by atoms with E-state index in [2.05, 4.69) is 14.5 Å². The monoisotopic (exact) mass is 488 g/mol. The van der Waals surface area contributed by atoms with E-state index in [4.69, 9.17) is 14.7 Å². The van der Waals surface area contributed by atoms with Crippen LogP contribution in [0, 0.1) is 17.1 Å². The Kier molecular flexibility index (Phi) is 8.13. The SMILES string of the molecule is N#Cc1ccc(OCCN2CC3CN(CCCNS(=O)(=O)c4ccccc4)CC(C2)O3)c(F)c1. The van der Waals surface area contributed by atoms with E-state index in [-0.39, 0.29) is 28.4 Å². The molecule has 10 heteroatoms. The molecule has 2 heterocycles. The Bertz CT molecular complexity index is 1100. The van der Waals surface area contributed by atoms with Crippen LogP contribution in [-0.4, -0.2) is 82.8 Å². The zero-order chi connectivity index (χ0) is 24.0. The summed E-state index contributed by atoms with van der Waals surface area (Å²) < 4.78 is 52.9. The average Bonchev–Trinajstić information content (AvgIpc) is 2.83. The third-order valence-corrected chi connectivity index (χ3v) is 7.43. The molecule has 2 fully saturated rings. The van der Waals surface area contributed by atoms with Crippen molar-refractivity contribution in [3.63, 3.8) is 0 Å². The Labute approximate surface area is 199 Å². The summed E-state index contributed by atoms with van der Waals surface area (Å²) in [5.41, 5.74) is 0.268. The van der Waals surface area contributed by atoms with E-state index < -0.39 is 15.8 Å². The van der Waals surface area contributed by atoms with E-state index >= 15 is 0 Å². The first kappa shape index (κ1) is 24.6. The molecule has 1 N–H and O–H groups in total. The number of halogens is 1. The van der Waals surface area contributed by atoms with Gasteiger partial charge in [-0.2, -0.15) is 5.26 Å². The molecule has 4 rings (SSSR count). The summed E-state index contributed by atoms with van der Waals surface area (Å²) in [5.74, 6) is -0.374. The van der Waals surface area contributed by atoms with Crippen molar-refractivity contribution in [2.45, 2.75) is 23.5 Å². The lowest BCUT2D eigenvalue weighted by atomic mass is 10.1. The summed E-state index contributed by atoms with van der Waals surface area (Å²) in [7, 11) is -3.47. The van der Waals surface area contributed by atoms with Crippen LogP contribution in [0.5, 0.6) is 5.75 Å². The molecular weight excluding hydrogens is 459 g/mol. The molecule has 2 bridgehead atoms. The molecule has 0 saturated carbocycles. The Morgan fingerprint density at radius 2 is 1.74 bits per heavy atom. The Morgan fingerprint density at radius 1 is 1.06 bits per heavy atom. The van der Waals surface area contributed by atoms with Gasteiger partial charge in [0.1, 0.15) is 6.61 Å². The van der Waals surface area contributed by atoms with Crippen LogP contribution in [0.4, 0.5) is 4.39 Å². The van der Waals surface area contributed by atoms with E-state index in [1.165, 1.54) is 12.1 Å². The van der Waals surface area contributed by atoms with Crippen LogP contribution in [0.25, 0.3) is 0 Å². The van der Waals surface area contributed by atoms with Gasteiger partial charge in [0.2, 0.25) is 10.0 Å². The van der Waals surface area contributed by atoms with Gasteiger partial charge in [-0.1, -0.05) is 18.2 Å². The summed E-state index contributed by atoms with van der Waals surface area (Å²) in [6, 6.07) is 14.5. The van der Waals surface area contributed by atoms with Crippen molar-refractivity contribution in [1.82, 2.24) is 14.5 Å². The summed E-state index contributed by atoms with van der Waals surface area (Å²) in [6.07, 6.45) is 0.888. The summed E-state index contributed by atoms with van der Waals surface area (Å²) in [6.45, 7) is 5.34. The second-order valence-electron chi connectivity index (χ2n) is 8.57. The molecule has 8 nitrogen and oxygen atoms in total. The number of nitrogens with zero attached hydrogens (tertiary/aromatic N) is 3. The Hall–Kier alpha value is -2.55. The first-order valence-electron chi connectivity index (χ1n) is 11.4. The van der Waals surface area contributed by atoms with Crippen molar-refractivity contribution in [2.75, 3.05) is 52.4 Å². The highest BCUT2D eigenvalue weighted by Crippen LogP contribution is 2.21. The summed E-state index contributed by atoms with van der Waals surface area (Å²) in [4.78, 5) is 4.88. The van der Waals surface area contributed by atoms with Gasteiger partial charge in [-0.25, -0.2) is 17.5 Å². The maximum Gasteiger partial charge on any atom is 0.240 e. The van der Waals surface area contributed by atoms with Gasteiger partial charge < -0.3 is 9.47 Å².